The maximum absolute atomic E-state index is 11.4. The van der Waals surface area contributed by atoms with Crippen molar-refractivity contribution in [3.63, 3.8) is 0 Å². The molecule has 0 fully saturated rings. The number of carbonyl (C=O) groups is 1. The molecule has 0 aliphatic rings. The van der Waals surface area contributed by atoms with Crippen LogP contribution in [-0.4, -0.2) is 24.6 Å². The standard InChI is InChI=1S/C9H12ClN3O/c1-3-11-9(14)13(2)8-6-7(10)4-5-12-8/h4-6H,3H2,1-2H3,(H,11,14). The van der Waals surface area contributed by atoms with Crippen molar-refractivity contribution in [1.29, 1.82) is 0 Å². The average Bonchev–Trinajstić information content (AvgIpc) is 2.17. The number of anilines is 1. The van der Waals surface area contributed by atoms with Gasteiger partial charge in [0.15, 0.2) is 0 Å². The lowest BCUT2D eigenvalue weighted by molar-refractivity contribution is 0.248. The molecule has 0 radical (unpaired) electrons. The lowest BCUT2D eigenvalue weighted by Crippen LogP contribution is -2.37. The number of nitrogens with one attached hydrogen (secondary N) is 1. The smallest absolute Gasteiger partial charge is 0.322 e. The molecule has 1 heterocycles. The Morgan fingerprint density at radius 3 is 3.00 bits per heavy atom. The first kappa shape index (κ1) is 10.8. The van der Waals surface area contributed by atoms with Crippen molar-refractivity contribution in [3.05, 3.63) is 23.4 Å². The Bertz CT molecular complexity index is 330. The Labute approximate surface area is 87.9 Å². The Morgan fingerprint density at radius 1 is 1.71 bits per heavy atom. The number of amides is 2. The van der Waals surface area contributed by atoms with Crippen LogP contribution in [0.25, 0.3) is 0 Å². The van der Waals surface area contributed by atoms with Crippen molar-refractivity contribution in [2.24, 2.45) is 0 Å². The lowest BCUT2D eigenvalue weighted by Gasteiger charge is -2.16. The number of aromatic nitrogens is 1. The van der Waals surface area contributed by atoms with Gasteiger partial charge in [-0.05, 0) is 19.1 Å². The van der Waals surface area contributed by atoms with Crippen LogP contribution in [0, 0.1) is 0 Å². The van der Waals surface area contributed by atoms with Gasteiger partial charge in [-0.3, -0.25) is 4.90 Å². The summed E-state index contributed by atoms with van der Waals surface area (Å²) in [5, 5.41) is 3.23. The zero-order valence-electron chi connectivity index (χ0n) is 8.12. The number of halogens is 1. The van der Waals surface area contributed by atoms with Gasteiger partial charge in [0.25, 0.3) is 0 Å². The van der Waals surface area contributed by atoms with Crippen molar-refractivity contribution >= 4 is 23.4 Å². The minimum atomic E-state index is -0.192. The number of nitrogens with zero attached hydrogens (tertiary/aromatic N) is 2. The topological polar surface area (TPSA) is 45.2 Å². The Kier molecular flexibility index (Phi) is 3.71. The highest BCUT2D eigenvalue weighted by Gasteiger charge is 2.10. The fraction of sp³-hybridized carbons (Fsp3) is 0.333. The van der Waals surface area contributed by atoms with Crippen LogP contribution in [0.2, 0.25) is 5.02 Å². The summed E-state index contributed by atoms with van der Waals surface area (Å²) in [4.78, 5) is 16.8. The molecule has 0 aromatic carbocycles. The molecule has 0 unspecified atom stereocenters. The highest BCUT2D eigenvalue weighted by atomic mass is 35.5. The second-order valence-electron chi connectivity index (χ2n) is 2.73. The summed E-state index contributed by atoms with van der Waals surface area (Å²) in [6, 6.07) is 3.11. The fourth-order valence-electron chi connectivity index (χ4n) is 0.951. The predicted octanol–water partition coefficient (Wildman–Crippen LogP) is 1.90. The Hall–Kier alpha value is -1.29. The highest BCUT2D eigenvalue weighted by molar-refractivity contribution is 6.30. The third kappa shape index (κ3) is 2.60. The maximum Gasteiger partial charge on any atom is 0.322 e. The monoisotopic (exact) mass is 213 g/mol. The van der Waals surface area contributed by atoms with Gasteiger partial charge >= 0.3 is 6.03 Å². The van der Waals surface area contributed by atoms with E-state index in [-0.39, 0.29) is 6.03 Å². The van der Waals surface area contributed by atoms with Gasteiger partial charge in [-0.15, -0.1) is 0 Å². The van der Waals surface area contributed by atoms with E-state index in [4.69, 9.17) is 11.6 Å². The van der Waals surface area contributed by atoms with Crippen molar-refractivity contribution in [3.8, 4) is 0 Å². The summed E-state index contributed by atoms with van der Waals surface area (Å²) in [7, 11) is 1.64. The Morgan fingerprint density at radius 2 is 2.43 bits per heavy atom. The van der Waals surface area contributed by atoms with E-state index in [0.29, 0.717) is 17.4 Å². The van der Waals surface area contributed by atoms with E-state index in [1.165, 1.54) is 4.90 Å². The minimum absolute atomic E-state index is 0.192. The van der Waals surface area contributed by atoms with Crippen LogP contribution in [0.15, 0.2) is 18.3 Å². The maximum atomic E-state index is 11.4. The summed E-state index contributed by atoms with van der Waals surface area (Å²) in [6.45, 7) is 2.45. The van der Waals surface area contributed by atoms with Gasteiger partial charge in [0.1, 0.15) is 5.82 Å². The predicted molar refractivity (Wildman–Crippen MR) is 56.7 cm³/mol. The zero-order valence-corrected chi connectivity index (χ0v) is 8.88. The van der Waals surface area contributed by atoms with Gasteiger partial charge in [-0.2, -0.15) is 0 Å². The van der Waals surface area contributed by atoms with E-state index in [9.17, 15) is 4.79 Å². The third-order valence-electron chi connectivity index (χ3n) is 1.68. The molecule has 0 saturated carbocycles. The van der Waals surface area contributed by atoms with Crippen LogP contribution in [0.5, 0.6) is 0 Å². The number of pyridine rings is 1. The van der Waals surface area contributed by atoms with Gasteiger partial charge in [-0.25, -0.2) is 9.78 Å². The van der Waals surface area contributed by atoms with E-state index in [1.807, 2.05) is 6.92 Å². The van der Waals surface area contributed by atoms with Crippen molar-refractivity contribution in [2.45, 2.75) is 6.92 Å². The summed E-state index contributed by atoms with van der Waals surface area (Å²) < 4.78 is 0. The van der Waals surface area contributed by atoms with Crippen LogP contribution < -0.4 is 10.2 Å². The number of rotatable bonds is 2. The molecule has 0 bridgehead atoms. The molecule has 76 valence electrons. The molecule has 0 saturated heterocycles. The molecule has 0 atom stereocenters. The molecule has 2 amide bonds. The SMILES string of the molecule is CCNC(=O)N(C)c1cc(Cl)ccn1. The Balaban J connectivity index is 2.78. The van der Waals surface area contributed by atoms with E-state index < -0.39 is 0 Å². The largest absolute Gasteiger partial charge is 0.338 e. The van der Waals surface area contributed by atoms with Crippen molar-refractivity contribution < 1.29 is 4.79 Å². The lowest BCUT2D eigenvalue weighted by atomic mass is 10.4. The molecule has 14 heavy (non-hydrogen) atoms. The molecule has 0 aliphatic heterocycles. The second-order valence-corrected chi connectivity index (χ2v) is 3.16. The molecule has 1 aromatic rings. The van der Waals surface area contributed by atoms with Crippen molar-refractivity contribution in [1.82, 2.24) is 10.3 Å². The van der Waals surface area contributed by atoms with Crippen LogP contribution in [0.3, 0.4) is 0 Å². The number of hydrogen-bond acceptors (Lipinski definition) is 2. The van der Waals surface area contributed by atoms with E-state index in [0.717, 1.165) is 0 Å². The molecule has 4 nitrogen and oxygen atoms in total. The first-order valence-corrected chi connectivity index (χ1v) is 4.66. The molecular formula is C9H12ClN3O. The van der Waals surface area contributed by atoms with Gasteiger partial charge in [-0.1, -0.05) is 11.6 Å². The molecule has 1 aromatic heterocycles. The van der Waals surface area contributed by atoms with Gasteiger partial charge < -0.3 is 5.32 Å². The molecule has 1 N–H and O–H groups in total. The van der Waals surface area contributed by atoms with E-state index in [2.05, 4.69) is 10.3 Å². The van der Waals surface area contributed by atoms with Crippen molar-refractivity contribution in [2.75, 3.05) is 18.5 Å². The van der Waals surface area contributed by atoms with Gasteiger partial charge in [0.2, 0.25) is 0 Å². The van der Waals surface area contributed by atoms with Crippen LogP contribution in [-0.2, 0) is 0 Å². The summed E-state index contributed by atoms with van der Waals surface area (Å²) >= 11 is 5.77. The molecule has 5 heteroatoms. The quantitative estimate of drug-likeness (QED) is 0.816. The zero-order chi connectivity index (χ0) is 10.6. The first-order valence-electron chi connectivity index (χ1n) is 4.28. The molecule has 1 rings (SSSR count). The van der Waals surface area contributed by atoms with Gasteiger partial charge in [0, 0.05) is 24.8 Å². The van der Waals surface area contributed by atoms with E-state index in [1.54, 1.807) is 25.4 Å². The molecular weight excluding hydrogens is 202 g/mol. The number of urea groups is 1. The minimum Gasteiger partial charge on any atom is -0.338 e. The third-order valence-corrected chi connectivity index (χ3v) is 1.92. The number of carbonyl (C=O) groups excluding carboxylic acids is 1. The van der Waals surface area contributed by atoms with Crippen LogP contribution in [0.4, 0.5) is 10.6 Å². The van der Waals surface area contributed by atoms with Gasteiger partial charge in [0.05, 0.1) is 0 Å². The normalized spacial score (nSPS) is 9.64. The molecule has 0 spiro atoms. The van der Waals surface area contributed by atoms with Crippen LogP contribution in [0.1, 0.15) is 6.92 Å². The van der Waals surface area contributed by atoms with E-state index >= 15 is 0 Å². The summed E-state index contributed by atoms with van der Waals surface area (Å²) in [5.74, 6) is 0.531. The summed E-state index contributed by atoms with van der Waals surface area (Å²) in [6.07, 6.45) is 1.56. The molecule has 0 aliphatic carbocycles. The first-order chi connectivity index (χ1) is 6.65. The van der Waals surface area contributed by atoms with Crippen LogP contribution >= 0.6 is 11.6 Å². The second kappa shape index (κ2) is 4.81. The summed E-state index contributed by atoms with van der Waals surface area (Å²) in [5.41, 5.74) is 0. The number of hydrogen-bond donors (Lipinski definition) is 1. The fourth-order valence-corrected chi connectivity index (χ4v) is 1.10. The average molecular weight is 214 g/mol. The highest BCUT2D eigenvalue weighted by Crippen LogP contribution is 2.14.